The summed E-state index contributed by atoms with van der Waals surface area (Å²) in [5.74, 6) is 0. The van der Waals surface area contributed by atoms with E-state index in [-0.39, 0.29) is 0 Å². The second kappa shape index (κ2) is 7.81. The molecule has 2 aliphatic heterocycles. The van der Waals surface area contributed by atoms with Gasteiger partial charge in [0, 0.05) is 47.2 Å². The minimum absolute atomic E-state index is 0.436. The lowest BCUT2D eigenvalue weighted by Gasteiger charge is -2.39. The highest BCUT2D eigenvalue weighted by molar-refractivity contribution is 5.96. The number of nitrogens with zero attached hydrogens (tertiary/aromatic N) is 3. The van der Waals surface area contributed by atoms with Crippen LogP contribution in [0.15, 0.2) is 92.1 Å². The first-order valence-electron chi connectivity index (χ1n) is 11.0. The third-order valence-electron chi connectivity index (χ3n) is 6.57. The van der Waals surface area contributed by atoms with Crippen LogP contribution in [0.5, 0.6) is 0 Å². The summed E-state index contributed by atoms with van der Waals surface area (Å²) in [7, 11) is 0. The lowest BCUT2D eigenvalue weighted by molar-refractivity contribution is 0.0586. The van der Waals surface area contributed by atoms with E-state index in [1.54, 1.807) is 12.4 Å². The molecule has 1 atom stereocenters. The van der Waals surface area contributed by atoms with E-state index in [2.05, 4.69) is 52.0 Å². The second-order valence-corrected chi connectivity index (χ2v) is 8.31. The monoisotopic (exact) mass is 421 g/mol. The molecule has 2 aliphatic rings. The Morgan fingerprint density at radius 2 is 1.97 bits per heavy atom. The minimum atomic E-state index is -1.20. The van der Waals surface area contributed by atoms with Crippen molar-refractivity contribution in [1.82, 2.24) is 14.5 Å². The predicted octanol–water partition coefficient (Wildman–Crippen LogP) is 5.43. The van der Waals surface area contributed by atoms with Crippen molar-refractivity contribution in [2.75, 3.05) is 6.54 Å². The number of aromatic nitrogens is 2. The number of rotatable bonds is 4. The van der Waals surface area contributed by atoms with Crippen molar-refractivity contribution >= 4 is 22.6 Å². The minimum Gasteiger partial charge on any atom is -0.378 e. The standard InChI is InChI=1S/C28H27N3O/c1-4-7-8-25-24-18-30(6-3)16-13-22-23-17-20(5-2)9-10-26(23)31(27(22)24)19-28(25,32)21-11-14-29-15-12-21/h4-12,14-15,17-18,32H,2-3,13,16,19H2,1H3/b7-4-,25-8+. The maximum absolute atomic E-state index is 12.3. The summed E-state index contributed by atoms with van der Waals surface area (Å²) in [4.78, 5) is 6.29. The Balaban J connectivity index is 1.88. The molecule has 0 radical (unpaired) electrons. The van der Waals surface area contributed by atoms with E-state index in [1.807, 2.05) is 49.6 Å². The average molecular weight is 422 g/mol. The van der Waals surface area contributed by atoms with Crippen LogP contribution in [-0.4, -0.2) is 26.1 Å². The third kappa shape index (κ3) is 2.99. The topological polar surface area (TPSA) is 41.3 Å². The van der Waals surface area contributed by atoms with Crippen LogP contribution in [0.1, 0.15) is 29.3 Å². The first kappa shape index (κ1) is 20.3. The van der Waals surface area contributed by atoms with Gasteiger partial charge in [0.15, 0.2) is 0 Å². The smallest absolute Gasteiger partial charge is 0.133 e. The van der Waals surface area contributed by atoms with Crippen molar-refractivity contribution in [3.63, 3.8) is 0 Å². The van der Waals surface area contributed by atoms with Gasteiger partial charge in [0.25, 0.3) is 0 Å². The van der Waals surface area contributed by atoms with Crippen molar-refractivity contribution in [2.45, 2.75) is 25.5 Å². The number of benzene rings is 1. The van der Waals surface area contributed by atoms with Crippen LogP contribution in [0.4, 0.5) is 0 Å². The Hall–Kier alpha value is -3.63. The van der Waals surface area contributed by atoms with Crippen LogP contribution in [0.2, 0.25) is 0 Å². The first-order valence-corrected chi connectivity index (χ1v) is 11.0. The summed E-state index contributed by atoms with van der Waals surface area (Å²) in [5, 5.41) is 13.5. The Morgan fingerprint density at radius 1 is 1.16 bits per heavy atom. The van der Waals surface area contributed by atoms with Gasteiger partial charge in [-0.25, -0.2) is 0 Å². The molecule has 1 N–H and O–H groups in total. The van der Waals surface area contributed by atoms with Gasteiger partial charge < -0.3 is 14.6 Å². The van der Waals surface area contributed by atoms with Gasteiger partial charge in [0.2, 0.25) is 0 Å². The average Bonchev–Trinajstić information content (AvgIpc) is 2.99. The van der Waals surface area contributed by atoms with Gasteiger partial charge >= 0.3 is 0 Å². The van der Waals surface area contributed by atoms with Gasteiger partial charge in [-0.2, -0.15) is 0 Å². The molecule has 3 aromatic rings. The van der Waals surface area contributed by atoms with Gasteiger partial charge in [-0.05, 0) is 60.5 Å². The molecule has 1 unspecified atom stereocenters. The van der Waals surface area contributed by atoms with E-state index in [0.29, 0.717) is 6.54 Å². The molecule has 1 aromatic carbocycles. The van der Waals surface area contributed by atoms with Gasteiger partial charge in [0.05, 0.1) is 12.2 Å². The Morgan fingerprint density at radius 3 is 2.69 bits per heavy atom. The van der Waals surface area contributed by atoms with E-state index in [4.69, 9.17) is 0 Å². The molecular weight excluding hydrogens is 394 g/mol. The lowest BCUT2D eigenvalue weighted by atomic mass is 9.78. The zero-order chi connectivity index (χ0) is 22.3. The summed E-state index contributed by atoms with van der Waals surface area (Å²) in [6.07, 6.45) is 16.3. The van der Waals surface area contributed by atoms with E-state index in [9.17, 15) is 5.11 Å². The molecule has 0 amide bonds. The summed E-state index contributed by atoms with van der Waals surface area (Å²) in [6.45, 7) is 11.2. The molecule has 5 rings (SSSR count). The Bertz CT molecular complexity index is 1310. The molecule has 4 heteroatoms. The van der Waals surface area contributed by atoms with Crippen molar-refractivity contribution < 1.29 is 5.11 Å². The number of aliphatic hydroxyl groups is 1. The molecule has 32 heavy (non-hydrogen) atoms. The summed E-state index contributed by atoms with van der Waals surface area (Å²) >= 11 is 0. The quantitative estimate of drug-likeness (QED) is 0.611. The molecule has 0 aliphatic carbocycles. The molecule has 2 aromatic heterocycles. The number of pyridine rings is 1. The third-order valence-corrected chi connectivity index (χ3v) is 6.57. The normalized spacial score (nSPS) is 21.5. The predicted molar refractivity (Wildman–Crippen MR) is 132 cm³/mol. The molecule has 4 nitrogen and oxygen atoms in total. The lowest BCUT2D eigenvalue weighted by Crippen LogP contribution is -2.38. The van der Waals surface area contributed by atoms with Crippen LogP contribution >= 0.6 is 0 Å². The largest absolute Gasteiger partial charge is 0.378 e. The maximum atomic E-state index is 12.3. The fourth-order valence-electron chi connectivity index (χ4n) is 5.00. The summed E-state index contributed by atoms with van der Waals surface area (Å²) < 4.78 is 2.28. The maximum Gasteiger partial charge on any atom is 0.133 e. The van der Waals surface area contributed by atoms with Gasteiger partial charge in [0.1, 0.15) is 5.60 Å². The van der Waals surface area contributed by atoms with Crippen molar-refractivity contribution in [1.29, 1.82) is 0 Å². The van der Waals surface area contributed by atoms with Gasteiger partial charge in [-0.15, -0.1) is 0 Å². The Labute approximate surface area is 188 Å². The second-order valence-electron chi connectivity index (χ2n) is 8.31. The molecule has 160 valence electrons. The first-order chi connectivity index (χ1) is 15.6. The SMILES string of the molecule is C=Cc1ccc2c(c1)c1c3n2CC(O)(c2ccncc2)/C(=C/C=C\C)C3=CN(C=C)CC1. The Kier molecular flexibility index (Phi) is 4.95. The fourth-order valence-corrected chi connectivity index (χ4v) is 5.00. The fraction of sp³-hybridized carbons (Fsp3) is 0.179. The zero-order valence-electron chi connectivity index (χ0n) is 18.3. The molecule has 0 saturated heterocycles. The molecule has 0 spiro atoms. The van der Waals surface area contributed by atoms with E-state index < -0.39 is 5.60 Å². The number of hydrogen-bond acceptors (Lipinski definition) is 3. The van der Waals surface area contributed by atoms with Crippen LogP contribution in [-0.2, 0) is 18.6 Å². The number of fused-ring (bicyclic) bond motifs is 3. The number of allylic oxidation sites excluding steroid dienone is 3. The van der Waals surface area contributed by atoms with Gasteiger partial charge in [-0.1, -0.05) is 43.5 Å². The molecule has 0 fully saturated rings. The van der Waals surface area contributed by atoms with E-state index >= 15 is 0 Å². The molecule has 0 saturated carbocycles. The zero-order valence-corrected chi connectivity index (χ0v) is 18.3. The van der Waals surface area contributed by atoms with Crippen LogP contribution in [0.25, 0.3) is 22.6 Å². The van der Waals surface area contributed by atoms with E-state index in [1.165, 1.54) is 16.6 Å². The van der Waals surface area contributed by atoms with Gasteiger partial charge in [-0.3, -0.25) is 4.98 Å². The van der Waals surface area contributed by atoms with Crippen LogP contribution < -0.4 is 0 Å². The van der Waals surface area contributed by atoms with E-state index in [0.717, 1.165) is 40.8 Å². The number of hydrogen-bond donors (Lipinski definition) is 1. The highest BCUT2D eigenvalue weighted by atomic mass is 16.3. The summed E-state index contributed by atoms with van der Waals surface area (Å²) in [6, 6.07) is 10.3. The van der Waals surface area contributed by atoms with Crippen molar-refractivity contribution in [2.24, 2.45) is 0 Å². The summed E-state index contributed by atoms with van der Waals surface area (Å²) in [5.41, 5.74) is 6.27. The van der Waals surface area contributed by atoms with Crippen LogP contribution in [0, 0.1) is 0 Å². The molecule has 4 heterocycles. The van der Waals surface area contributed by atoms with Crippen molar-refractivity contribution in [3.05, 3.63) is 114 Å². The van der Waals surface area contributed by atoms with Crippen LogP contribution in [0.3, 0.4) is 0 Å². The molecular formula is C28H27N3O. The van der Waals surface area contributed by atoms with Crippen molar-refractivity contribution in [3.8, 4) is 0 Å². The molecule has 0 bridgehead atoms. The highest BCUT2D eigenvalue weighted by Gasteiger charge is 2.43. The highest BCUT2D eigenvalue weighted by Crippen LogP contribution is 2.49.